The summed E-state index contributed by atoms with van der Waals surface area (Å²) in [6, 6.07) is -0.367. The van der Waals surface area contributed by atoms with Crippen molar-refractivity contribution in [2.24, 2.45) is 16.2 Å². The highest BCUT2D eigenvalue weighted by Gasteiger charge is 2.43. The molecule has 28 heteroatoms. The largest absolute Gasteiger partial charge is 0.465 e. The minimum atomic E-state index is -1.46. The summed E-state index contributed by atoms with van der Waals surface area (Å²) in [6.07, 6.45) is 0.895. The average molecular weight is 1190 g/mol. The Bertz CT molecular complexity index is 1700. The van der Waals surface area contributed by atoms with E-state index in [-0.39, 0.29) is 109 Å². The summed E-state index contributed by atoms with van der Waals surface area (Å²) >= 11 is 25.9. The standard InChI is InChI=1S/C45H72N2O18S8/c1-42(2)20-31(46-40(56)72-18-10-38(54)64-29-44(23-58-32(48)4-12-66,24-59-33(49)5-13-67)25-60-34(50)6-14-68)21-43(3,22-42)47-41(57)73-19-11-39(55)65-30-45(26-61-35(51)7-15-69,27-62-36(52)8-16-70)28-63-37(53)9-17-71/h31,66-71H,4-30H2,1-3H3,(H,46,56)(H,47,57). The lowest BCUT2D eigenvalue weighted by Gasteiger charge is -2.47. The van der Waals surface area contributed by atoms with E-state index < -0.39 is 127 Å². The van der Waals surface area contributed by atoms with Gasteiger partial charge in [0.2, 0.25) is 0 Å². The number of nitrogens with one attached hydrogen (secondary N) is 2. The second-order valence-electron chi connectivity index (χ2n) is 18.2. The summed E-state index contributed by atoms with van der Waals surface area (Å²) in [4.78, 5) is 126. The molecule has 2 amide bonds. The van der Waals surface area contributed by atoms with E-state index in [1.807, 2.05) is 20.8 Å². The minimum absolute atomic E-state index is 0.0136. The monoisotopic (exact) mass is 1180 g/mol. The van der Waals surface area contributed by atoms with Gasteiger partial charge in [-0.25, -0.2) is 0 Å². The molecule has 0 aromatic carbocycles. The van der Waals surface area contributed by atoms with Crippen molar-refractivity contribution in [3.05, 3.63) is 0 Å². The second kappa shape index (κ2) is 37.3. The summed E-state index contributed by atoms with van der Waals surface area (Å²) in [5.41, 5.74) is -4.01. The average Bonchev–Trinajstić information content (AvgIpc) is 3.30. The van der Waals surface area contributed by atoms with Gasteiger partial charge in [0.1, 0.15) is 63.7 Å². The van der Waals surface area contributed by atoms with Crippen LogP contribution in [0, 0.1) is 16.2 Å². The van der Waals surface area contributed by atoms with E-state index in [0.29, 0.717) is 19.3 Å². The van der Waals surface area contributed by atoms with Crippen LogP contribution in [-0.2, 0) is 76.3 Å². The molecule has 2 atom stereocenters. The lowest BCUT2D eigenvalue weighted by atomic mass is 9.67. The number of carbonyl (C=O) groups excluding carboxylic acids is 10. The summed E-state index contributed by atoms with van der Waals surface area (Å²) in [6.45, 7) is 2.43. The Kier molecular flexibility index (Phi) is 35.0. The van der Waals surface area contributed by atoms with Gasteiger partial charge in [0.15, 0.2) is 0 Å². The van der Waals surface area contributed by atoms with Crippen LogP contribution in [0.15, 0.2) is 0 Å². The fourth-order valence-corrected chi connectivity index (χ4v) is 9.69. The molecule has 1 rings (SSSR count). The maximum absolute atomic E-state index is 13.3. The molecule has 0 spiro atoms. The van der Waals surface area contributed by atoms with Gasteiger partial charge in [0, 0.05) is 57.6 Å². The number of rotatable bonds is 36. The maximum Gasteiger partial charge on any atom is 0.306 e. The molecule has 20 nitrogen and oxygen atoms in total. The van der Waals surface area contributed by atoms with Crippen molar-refractivity contribution in [2.45, 2.75) is 103 Å². The molecular formula is C45H72N2O18S8. The smallest absolute Gasteiger partial charge is 0.306 e. The second-order valence-corrected chi connectivity index (χ2v) is 23.0. The zero-order chi connectivity index (χ0) is 54.9. The molecule has 1 aliphatic rings. The van der Waals surface area contributed by atoms with Crippen molar-refractivity contribution in [3.8, 4) is 0 Å². The van der Waals surface area contributed by atoms with Gasteiger partial charge in [0.05, 0.1) is 51.4 Å². The van der Waals surface area contributed by atoms with Crippen molar-refractivity contribution in [1.82, 2.24) is 10.6 Å². The van der Waals surface area contributed by atoms with Crippen LogP contribution in [0.1, 0.15) is 91.4 Å². The third kappa shape index (κ3) is 31.4. The van der Waals surface area contributed by atoms with E-state index in [0.717, 1.165) is 23.5 Å². The fourth-order valence-electron chi connectivity index (χ4n) is 7.12. The maximum atomic E-state index is 13.3. The van der Waals surface area contributed by atoms with Crippen LogP contribution < -0.4 is 10.6 Å². The summed E-state index contributed by atoms with van der Waals surface area (Å²) in [5, 5.41) is 5.20. The predicted molar refractivity (Wildman–Crippen MR) is 294 cm³/mol. The number of thioether (sulfide) groups is 2. The first-order valence-corrected chi connectivity index (χ1v) is 29.1. The topological polar surface area (TPSA) is 269 Å². The highest BCUT2D eigenvalue weighted by Crippen LogP contribution is 2.41. The number of ether oxygens (including phenoxy) is 8. The Hall–Kier alpha value is -2.50. The summed E-state index contributed by atoms with van der Waals surface area (Å²) in [7, 11) is 0. The van der Waals surface area contributed by atoms with E-state index in [1.165, 1.54) is 0 Å². The molecule has 0 radical (unpaired) electrons. The summed E-state index contributed by atoms with van der Waals surface area (Å²) in [5.74, 6) is -3.96. The minimum Gasteiger partial charge on any atom is -0.465 e. The van der Waals surface area contributed by atoms with Crippen molar-refractivity contribution in [1.29, 1.82) is 0 Å². The first-order chi connectivity index (χ1) is 34.5. The van der Waals surface area contributed by atoms with Gasteiger partial charge >= 0.3 is 47.8 Å². The van der Waals surface area contributed by atoms with E-state index >= 15 is 0 Å². The van der Waals surface area contributed by atoms with Gasteiger partial charge in [-0.05, 0) is 31.6 Å². The molecule has 1 fully saturated rings. The molecule has 2 N–H and O–H groups in total. The Morgan fingerprint density at radius 1 is 0.425 bits per heavy atom. The van der Waals surface area contributed by atoms with Crippen molar-refractivity contribution >= 4 is 158 Å². The van der Waals surface area contributed by atoms with Gasteiger partial charge in [-0.3, -0.25) is 47.9 Å². The van der Waals surface area contributed by atoms with E-state index in [1.54, 1.807) is 0 Å². The van der Waals surface area contributed by atoms with Gasteiger partial charge in [0.25, 0.3) is 10.5 Å². The van der Waals surface area contributed by atoms with E-state index in [4.69, 9.17) is 37.9 Å². The van der Waals surface area contributed by atoms with Crippen LogP contribution in [-0.4, -0.2) is 169 Å². The van der Waals surface area contributed by atoms with Crippen LogP contribution in [0.5, 0.6) is 0 Å². The van der Waals surface area contributed by atoms with Gasteiger partial charge < -0.3 is 48.5 Å². The number of amides is 2. The van der Waals surface area contributed by atoms with Crippen molar-refractivity contribution in [2.75, 3.05) is 98.9 Å². The highest BCUT2D eigenvalue weighted by molar-refractivity contribution is 8.13. The molecule has 1 saturated carbocycles. The van der Waals surface area contributed by atoms with Crippen LogP contribution >= 0.6 is 99.3 Å². The first-order valence-electron chi connectivity index (χ1n) is 23.3. The Balaban J connectivity index is 2.90. The summed E-state index contributed by atoms with van der Waals surface area (Å²) < 4.78 is 43.3. The first kappa shape index (κ1) is 68.5. The molecule has 418 valence electrons. The Morgan fingerprint density at radius 2 is 0.685 bits per heavy atom. The number of carbonyl (C=O) groups is 10. The highest BCUT2D eigenvalue weighted by atomic mass is 32.2. The molecule has 0 aromatic rings. The van der Waals surface area contributed by atoms with Crippen molar-refractivity contribution in [3.63, 3.8) is 0 Å². The lowest BCUT2D eigenvalue weighted by Crippen LogP contribution is -2.56. The molecule has 73 heavy (non-hydrogen) atoms. The zero-order valence-corrected chi connectivity index (χ0v) is 48.5. The molecule has 2 unspecified atom stereocenters. The van der Waals surface area contributed by atoms with Gasteiger partial charge in [-0.2, -0.15) is 75.8 Å². The molecule has 0 heterocycles. The fraction of sp³-hybridized carbons (Fsp3) is 0.778. The van der Waals surface area contributed by atoms with E-state index in [2.05, 4.69) is 86.4 Å². The third-order valence-corrected chi connectivity index (χ3v) is 13.3. The van der Waals surface area contributed by atoms with Crippen LogP contribution in [0.3, 0.4) is 0 Å². The molecule has 0 aliphatic heterocycles. The van der Waals surface area contributed by atoms with Gasteiger partial charge in [-0.15, -0.1) is 0 Å². The number of hydrogen-bond acceptors (Lipinski definition) is 26. The number of esters is 8. The Morgan fingerprint density at radius 3 is 0.959 bits per heavy atom. The quantitative estimate of drug-likeness (QED) is 0.0227. The molecule has 0 aromatic heterocycles. The lowest BCUT2D eigenvalue weighted by molar-refractivity contribution is -0.173. The third-order valence-electron chi connectivity index (χ3n) is 10.4. The molecular weight excluding hydrogens is 1110 g/mol. The molecule has 0 saturated heterocycles. The normalized spacial score (nSPS) is 16.2. The molecule has 1 aliphatic carbocycles. The molecule has 0 bridgehead atoms. The predicted octanol–water partition coefficient (Wildman–Crippen LogP) is 5.23. The van der Waals surface area contributed by atoms with Crippen molar-refractivity contribution < 1.29 is 85.8 Å². The number of hydrogen-bond donors (Lipinski definition) is 8. The van der Waals surface area contributed by atoms with Gasteiger partial charge in [-0.1, -0.05) is 37.4 Å². The number of thiol groups is 6. The van der Waals surface area contributed by atoms with Crippen LogP contribution in [0.4, 0.5) is 9.59 Å². The van der Waals surface area contributed by atoms with Crippen LogP contribution in [0.2, 0.25) is 0 Å². The SMILES string of the molecule is CC1(C)CC(NC(=O)SCCC(=O)OCC(COC(=O)CCS)(COC(=O)CCS)COC(=O)CCS)CC(C)(NC(=O)SCCC(=O)OCC(COC(=O)CCS)(COC(=O)CCS)COC(=O)CCS)C1. The Labute approximate surface area is 469 Å². The zero-order valence-electron chi connectivity index (χ0n) is 41.5. The van der Waals surface area contributed by atoms with Crippen LogP contribution in [0.25, 0.3) is 0 Å². The van der Waals surface area contributed by atoms with E-state index in [9.17, 15) is 47.9 Å².